The van der Waals surface area contributed by atoms with Crippen LogP contribution in [0.4, 0.5) is 0 Å². The molecule has 1 rings (SSSR count). The molecule has 0 fully saturated rings. The maximum absolute atomic E-state index is 10.1. The van der Waals surface area contributed by atoms with E-state index in [2.05, 4.69) is 9.68 Å². The topological polar surface area (TPSA) is 43.1 Å². The van der Waals surface area contributed by atoms with Crippen molar-refractivity contribution >= 4 is 6.29 Å². The summed E-state index contributed by atoms with van der Waals surface area (Å²) >= 11 is 0. The van der Waals surface area contributed by atoms with Crippen molar-refractivity contribution in [3.8, 4) is 0 Å². The summed E-state index contributed by atoms with van der Waals surface area (Å²) in [6, 6.07) is 0. The van der Waals surface area contributed by atoms with Crippen molar-refractivity contribution < 1.29 is 9.32 Å². The van der Waals surface area contributed by atoms with Gasteiger partial charge in [0, 0.05) is 0 Å². The number of hydrogen-bond acceptors (Lipinski definition) is 3. The molecule has 0 saturated heterocycles. The third kappa shape index (κ3) is 0.850. The van der Waals surface area contributed by atoms with E-state index in [1.165, 1.54) is 0 Å². The van der Waals surface area contributed by atoms with Gasteiger partial charge in [-0.3, -0.25) is 4.79 Å². The summed E-state index contributed by atoms with van der Waals surface area (Å²) in [7, 11) is 0. The van der Waals surface area contributed by atoms with Crippen LogP contribution in [-0.2, 0) is 4.79 Å². The zero-order valence-corrected chi connectivity index (χ0v) is 5.26. The molecule has 9 heavy (non-hydrogen) atoms. The lowest BCUT2D eigenvalue weighted by Crippen LogP contribution is -1.82. The Morgan fingerprint density at radius 2 is 2.22 bits per heavy atom. The third-order valence-electron chi connectivity index (χ3n) is 1.14. The van der Waals surface area contributed by atoms with Gasteiger partial charge < -0.3 is 4.52 Å². The fraction of sp³-hybridized carbons (Fsp3) is 0.333. The van der Waals surface area contributed by atoms with Crippen LogP contribution in [0.15, 0.2) is 4.52 Å². The molecule has 0 spiro atoms. The standard InChI is InChI=1S/C6H6NO2/c1-4-6(3-8)5(2)9-7-4/h1-2H3. The maximum Gasteiger partial charge on any atom is 0.239 e. The summed E-state index contributed by atoms with van der Waals surface area (Å²) in [4.78, 5) is 10.1. The van der Waals surface area contributed by atoms with Gasteiger partial charge in [0.25, 0.3) is 0 Å². The van der Waals surface area contributed by atoms with E-state index in [0.717, 1.165) is 0 Å². The van der Waals surface area contributed by atoms with Crippen molar-refractivity contribution in [2.24, 2.45) is 0 Å². The van der Waals surface area contributed by atoms with Crippen molar-refractivity contribution in [1.29, 1.82) is 0 Å². The lowest BCUT2D eigenvalue weighted by Gasteiger charge is -1.78. The van der Waals surface area contributed by atoms with Crippen LogP contribution in [0.25, 0.3) is 0 Å². The molecule has 47 valence electrons. The highest BCUT2D eigenvalue weighted by atomic mass is 16.5. The van der Waals surface area contributed by atoms with E-state index in [1.54, 1.807) is 20.1 Å². The van der Waals surface area contributed by atoms with Crippen LogP contribution in [0.5, 0.6) is 0 Å². The molecule has 0 aliphatic heterocycles. The predicted octanol–water partition coefficient (Wildman–Crippen LogP) is 0.749. The second-order valence-corrected chi connectivity index (χ2v) is 1.80. The predicted molar refractivity (Wildman–Crippen MR) is 30.8 cm³/mol. The molecule has 1 radical (unpaired) electrons. The Hall–Kier alpha value is -1.12. The summed E-state index contributed by atoms with van der Waals surface area (Å²) in [6.07, 6.45) is 1.74. The largest absolute Gasteiger partial charge is 0.361 e. The third-order valence-corrected chi connectivity index (χ3v) is 1.14. The summed E-state index contributed by atoms with van der Waals surface area (Å²) in [5.41, 5.74) is 1.04. The molecule has 0 aliphatic carbocycles. The van der Waals surface area contributed by atoms with Gasteiger partial charge in [-0.15, -0.1) is 0 Å². The van der Waals surface area contributed by atoms with Gasteiger partial charge in [0.1, 0.15) is 5.76 Å². The summed E-state index contributed by atoms with van der Waals surface area (Å²) in [6.45, 7) is 3.39. The smallest absolute Gasteiger partial charge is 0.239 e. The quantitative estimate of drug-likeness (QED) is 0.554. The maximum atomic E-state index is 10.1. The number of aromatic nitrogens is 1. The first-order valence-corrected chi connectivity index (χ1v) is 2.56. The van der Waals surface area contributed by atoms with E-state index in [0.29, 0.717) is 17.0 Å². The number of carbonyl (C=O) groups excluding carboxylic acids is 1. The number of nitrogens with zero attached hydrogens (tertiary/aromatic N) is 1. The van der Waals surface area contributed by atoms with Crippen LogP contribution in [0.2, 0.25) is 0 Å². The molecule has 1 aromatic heterocycles. The first kappa shape index (κ1) is 6.01. The average Bonchev–Trinajstić information content (AvgIpc) is 2.12. The van der Waals surface area contributed by atoms with Crippen molar-refractivity contribution in [3.63, 3.8) is 0 Å². The Kier molecular flexibility index (Phi) is 1.34. The number of hydrogen-bond donors (Lipinski definition) is 0. The molecule has 0 saturated carbocycles. The van der Waals surface area contributed by atoms with Crippen LogP contribution >= 0.6 is 0 Å². The monoisotopic (exact) mass is 124 g/mol. The Labute approximate surface area is 52.7 Å². The molecule has 3 nitrogen and oxygen atoms in total. The molecular formula is C6H6NO2. The zero-order valence-electron chi connectivity index (χ0n) is 5.26. The minimum absolute atomic E-state index is 0.440. The second-order valence-electron chi connectivity index (χ2n) is 1.80. The lowest BCUT2D eigenvalue weighted by molar-refractivity contribution is 0.393. The van der Waals surface area contributed by atoms with Gasteiger partial charge in [0.05, 0.1) is 11.3 Å². The summed E-state index contributed by atoms with van der Waals surface area (Å²) in [5, 5.41) is 3.55. The molecule has 0 amide bonds. The second kappa shape index (κ2) is 2.01. The minimum atomic E-state index is 0.440. The van der Waals surface area contributed by atoms with Gasteiger partial charge in [-0.25, -0.2) is 0 Å². The Morgan fingerprint density at radius 3 is 2.44 bits per heavy atom. The number of aryl methyl sites for hydroxylation is 2. The molecular weight excluding hydrogens is 118 g/mol. The Bertz CT molecular complexity index is 207. The lowest BCUT2D eigenvalue weighted by atomic mass is 10.2. The molecule has 0 bridgehead atoms. The molecule has 0 aromatic carbocycles. The number of rotatable bonds is 1. The fourth-order valence-electron chi connectivity index (χ4n) is 0.629. The van der Waals surface area contributed by atoms with Crippen molar-refractivity contribution in [2.45, 2.75) is 13.8 Å². The first-order valence-electron chi connectivity index (χ1n) is 2.56. The van der Waals surface area contributed by atoms with Crippen LogP contribution in [0, 0.1) is 13.8 Å². The molecule has 0 atom stereocenters. The first-order chi connectivity index (χ1) is 4.25. The van der Waals surface area contributed by atoms with Crippen molar-refractivity contribution in [1.82, 2.24) is 5.16 Å². The summed E-state index contributed by atoms with van der Waals surface area (Å²) < 4.78 is 4.67. The molecule has 1 heterocycles. The molecule has 0 aliphatic rings. The van der Waals surface area contributed by atoms with Crippen molar-refractivity contribution in [2.75, 3.05) is 0 Å². The molecule has 3 heteroatoms. The Morgan fingerprint density at radius 1 is 1.56 bits per heavy atom. The molecule has 0 unspecified atom stereocenters. The van der Waals surface area contributed by atoms with Gasteiger partial charge in [0.2, 0.25) is 6.29 Å². The highest BCUT2D eigenvalue weighted by Crippen LogP contribution is 2.07. The van der Waals surface area contributed by atoms with Gasteiger partial charge in [-0.05, 0) is 13.8 Å². The minimum Gasteiger partial charge on any atom is -0.361 e. The normalized spacial score (nSPS) is 9.56. The van der Waals surface area contributed by atoms with Crippen LogP contribution in [0.3, 0.4) is 0 Å². The van der Waals surface area contributed by atoms with E-state index in [4.69, 9.17) is 0 Å². The van der Waals surface area contributed by atoms with Gasteiger partial charge in [-0.1, -0.05) is 5.16 Å². The van der Waals surface area contributed by atoms with Crippen LogP contribution in [0.1, 0.15) is 17.0 Å². The highest BCUT2D eigenvalue weighted by Gasteiger charge is 2.06. The fourth-order valence-corrected chi connectivity index (χ4v) is 0.629. The van der Waals surface area contributed by atoms with Gasteiger partial charge in [0.15, 0.2) is 0 Å². The van der Waals surface area contributed by atoms with E-state index >= 15 is 0 Å². The molecule has 1 aromatic rings. The average molecular weight is 124 g/mol. The Balaban J connectivity index is 3.22. The molecule has 0 N–H and O–H groups in total. The van der Waals surface area contributed by atoms with Gasteiger partial charge >= 0.3 is 0 Å². The zero-order chi connectivity index (χ0) is 6.85. The van der Waals surface area contributed by atoms with E-state index in [9.17, 15) is 4.79 Å². The van der Waals surface area contributed by atoms with E-state index < -0.39 is 0 Å². The van der Waals surface area contributed by atoms with E-state index in [1.807, 2.05) is 0 Å². The van der Waals surface area contributed by atoms with Gasteiger partial charge in [-0.2, -0.15) is 0 Å². The van der Waals surface area contributed by atoms with Crippen LogP contribution < -0.4 is 0 Å². The highest BCUT2D eigenvalue weighted by molar-refractivity contribution is 5.77. The van der Waals surface area contributed by atoms with E-state index in [-0.39, 0.29) is 0 Å². The van der Waals surface area contributed by atoms with Crippen LogP contribution in [-0.4, -0.2) is 11.4 Å². The summed E-state index contributed by atoms with van der Waals surface area (Å²) in [5.74, 6) is 0.530. The SMILES string of the molecule is Cc1noc(C)c1[C]=O. The van der Waals surface area contributed by atoms with Crippen molar-refractivity contribution in [3.05, 3.63) is 17.0 Å².